The molecule has 0 aromatic carbocycles. The maximum Gasteiger partial charge on any atom is 0.0298 e. The molecule has 102 valence electrons. The van der Waals surface area contributed by atoms with Gasteiger partial charge in [0, 0.05) is 16.0 Å². The molecule has 0 unspecified atom stereocenters. The molecule has 1 aliphatic rings. The topological polar surface area (TPSA) is 26.0 Å². The maximum atomic E-state index is 6.07. The van der Waals surface area contributed by atoms with Crippen LogP contribution >= 0.6 is 11.8 Å². The third-order valence-corrected chi connectivity index (χ3v) is 5.35. The van der Waals surface area contributed by atoms with Gasteiger partial charge in [-0.1, -0.05) is 47.5 Å². The quantitative estimate of drug-likeness (QED) is 0.753. The first-order chi connectivity index (χ1) is 7.80. The fourth-order valence-corrected chi connectivity index (χ4v) is 5.90. The van der Waals surface area contributed by atoms with Gasteiger partial charge >= 0.3 is 0 Å². The highest BCUT2D eigenvalue weighted by atomic mass is 32.2. The van der Waals surface area contributed by atoms with E-state index in [9.17, 15) is 0 Å². The minimum absolute atomic E-state index is 0.337. The van der Waals surface area contributed by atoms with Gasteiger partial charge in [0.1, 0.15) is 0 Å². The molecule has 17 heavy (non-hydrogen) atoms. The van der Waals surface area contributed by atoms with E-state index in [1.54, 1.807) is 0 Å². The third-order valence-electron chi connectivity index (χ3n) is 3.85. The van der Waals surface area contributed by atoms with Crippen LogP contribution in [0, 0.1) is 5.41 Å². The molecule has 0 heterocycles. The Kier molecular flexibility index (Phi) is 4.99. The molecule has 0 aromatic rings. The minimum atomic E-state index is 0.337. The van der Waals surface area contributed by atoms with Crippen molar-refractivity contribution in [1.29, 1.82) is 0 Å². The zero-order chi connectivity index (χ0) is 13.2. The molecule has 1 fully saturated rings. The summed E-state index contributed by atoms with van der Waals surface area (Å²) in [6, 6.07) is 0. The van der Waals surface area contributed by atoms with Gasteiger partial charge in [0.25, 0.3) is 0 Å². The Hall–Kier alpha value is 0.310. The van der Waals surface area contributed by atoms with Gasteiger partial charge in [-0.15, -0.1) is 11.8 Å². The van der Waals surface area contributed by atoms with Crippen LogP contribution in [-0.4, -0.2) is 16.0 Å². The van der Waals surface area contributed by atoms with Crippen LogP contribution in [0.1, 0.15) is 73.1 Å². The molecule has 1 nitrogen and oxygen atoms in total. The Morgan fingerprint density at radius 3 is 1.82 bits per heavy atom. The molecule has 0 spiro atoms. The lowest BCUT2D eigenvalue weighted by Crippen LogP contribution is -2.55. The number of hydrogen-bond acceptors (Lipinski definition) is 2. The van der Waals surface area contributed by atoms with Crippen LogP contribution in [0.15, 0.2) is 0 Å². The summed E-state index contributed by atoms with van der Waals surface area (Å²) in [7, 11) is 0. The first-order valence-electron chi connectivity index (χ1n) is 7.21. The van der Waals surface area contributed by atoms with Gasteiger partial charge in [0.2, 0.25) is 0 Å². The Bertz CT molecular complexity index is 228. The van der Waals surface area contributed by atoms with Gasteiger partial charge in [-0.25, -0.2) is 0 Å². The molecular weight excluding hydrogens is 226 g/mol. The van der Waals surface area contributed by atoms with Crippen molar-refractivity contribution in [3.63, 3.8) is 0 Å². The molecule has 0 bridgehead atoms. The molecule has 1 aliphatic carbocycles. The summed E-state index contributed by atoms with van der Waals surface area (Å²) in [6.45, 7) is 12.4. The molecule has 0 radical (unpaired) electrons. The first kappa shape index (κ1) is 15.4. The molecule has 1 saturated carbocycles. The normalized spacial score (nSPS) is 22.2. The first-order valence-corrected chi connectivity index (χ1v) is 8.02. The van der Waals surface area contributed by atoms with E-state index in [0.29, 0.717) is 14.9 Å². The van der Waals surface area contributed by atoms with E-state index < -0.39 is 0 Å². The number of hydrogen-bond donors (Lipinski definition) is 1. The lowest BCUT2D eigenvalue weighted by atomic mass is 9.57. The average Bonchev–Trinajstić information content (AvgIpc) is 2.13. The summed E-state index contributed by atoms with van der Waals surface area (Å²) in [5.74, 6) is 0. The molecular formula is C15H31NS. The lowest BCUT2D eigenvalue weighted by molar-refractivity contribution is 0.0607. The van der Waals surface area contributed by atoms with Crippen molar-refractivity contribution in [2.45, 2.75) is 82.6 Å². The number of thioether (sulfide) groups is 1. The van der Waals surface area contributed by atoms with Crippen molar-refractivity contribution in [2.24, 2.45) is 11.1 Å². The standard InChI is InChI=1S/C15H31NS/c1-6-8-14(9-7-2)10-15(11-14,12-16)17-13(3,4)5/h6-12,16H2,1-5H3. The van der Waals surface area contributed by atoms with Gasteiger partial charge in [0.15, 0.2) is 0 Å². The average molecular weight is 257 g/mol. The van der Waals surface area contributed by atoms with Crippen molar-refractivity contribution in [2.75, 3.05) is 6.54 Å². The highest BCUT2D eigenvalue weighted by Crippen LogP contribution is 2.61. The largest absolute Gasteiger partial charge is 0.329 e. The van der Waals surface area contributed by atoms with E-state index in [4.69, 9.17) is 5.73 Å². The molecule has 0 aromatic heterocycles. The van der Waals surface area contributed by atoms with Crippen molar-refractivity contribution in [3.8, 4) is 0 Å². The van der Waals surface area contributed by atoms with E-state index in [0.717, 1.165) is 6.54 Å². The van der Waals surface area contributed by atoms with Crippen LogP contribution in [0.25, 0.3) is 0 Å². The summed E-state index contributed by atoms with van der Waals surface area (Å²) in [4.78, 5) is 0. The molecule has 2 N–H and O–H groups in total. The predicted octanol–water partition coefficient (Wildman–Crippen LogP) is 4.60. The van der Waals surface area contributed by atoms with Crippen LogP contribution in [-0.2, 0) is 0 Å². The molecule has 0 aliphatic heterocycles. The van der Waals surface area contributed by atoms with Crippen molar-refractivity contribution in [1.82, 2.24) is 0 Å². The monoisotopic (exact) mass is 257 g/mol. The summed E-state index contributed by atoms with van der Waals surface area (Å²) >= 11 is 2.12. The summed E-state index contributed by atoms with van der Waals surface area (Å²) in [6.07, 6.45) is 8.13. The van der Waals surface area contributed by atoms with E-state index >= 15 is 0 Å². The summed E-state index contributed by atoms with van der Waals surface area (Å²) in [5, 5.41) is 0. The Labute approximate surface area is 112 Å². The van der Waals surface area contributed by atoms with Gasteiger partial charge in [-0.05, 0) is 31.1 Å². The Morgan fingerprint density at radius 2 is 1.53 bits per heavy atom. The molecule has 0 amide bonds. The van der Waals surface area contributed by atoms with E-state index in [1.807, 2.05) is 0 Å². The summed E-state index contributed by atoms with van der Waals surface area (Å²) < 4.78 is 0.715. The van der Waals surface area contributed by atoms with Crippen molar-refractivity contribution < 1.29 is 0 Å². The molecule has 0 atom stereocenters. The van der Waals surface area contributed by atoms with Crippen LogP contribution in [0.5, 0.6) is 0 Å². The highest BCUT2D eigenvalue weighted by Gasteiger charge is 2.53. The lowest BCUT2D eigenvalue weighted by Gasteiger charge is -2.58. The molecule has 0 saturated heterocycles. The van der Waals surface area contributed by atoms with Crippen LogP contribution in [0.3, 0.4) is 0 Å². The zero-order valence-electron chi connectivity index (χ0n) is 12.4. The molecule has 1 rings (SSSR count). The van der Waals surface area contributed by atoms with Gasteiger partial charge in [-0.3, -0.25) is 0 Å². The smallest absolute Gasteiger partial charge is 0.0298 e. The summed E-state index contributed by atoms with van der Waals surface area (Å²) in [5.41, 5.74) is 6.69. The Morgan fingerprint density at radius 1 is 1.06 bits per heavy atom. The van der Waals surface area contributed by atoms with Crippen LogP contribution < -0.4 is 5.73 Å². The minimum Gasteiger partial charge on any atom is -0.329 e. The van der Waals surface area contributed by atoms with Crippen molar-refractivity contribution in [3.05, 3.63) is 0 Å². The molecule has 2 heteroatoms. The van der Waals surface area contributed by atoms with E-state index in [1.165, 1.54) is 38.5 Å². The third kappa shape index (κ3) is 3.89. The van der Waals surface area contributed by atoms with Gasteiger partial charge in [-0.2, -0.15) is 0 Å². The predicted molar refractivity (Wildman–Crippen MR) is 80.6 cm³/mol. The second-order valence-corrected chi connectivity index (χ2v) is 9.25. The second-order valence-electron chi connectivity index (χ2n) is 6.96. The number of nitrogens with two attached hydrogens (primary N) is 1. The highest BCUT2D eigenvalue weighted by molar-refractivity contribution is 8.02. The Balaban J connectivity index is 2.64. The van der Waals surface area contributed by atoms with Crippen LogP contribution in [0.4, 0.5) is 0 Å². The van der Waals surface area contributed by atoms with Crippen LogP contribution in [0.2, 0.25) is 0 Å². The maximum absolute atomic E-state index is 6.07. The van der Waals surface area contributed by atoms with E-state index in [-0.39, 0.29) is 0 Å². The van der Waals surface area contributed by atoms with Gasteiger partial charge in [0.05, 0.1) is 0 Å². The fourth-order valence-electron chi connectivity index (χ4n) is 3.76. The number of rotatable bonds is 6. The zero-order valence-corrected chi connectivity index (χ0v) is 13.3. The van der Waals surface area contributed by atoms with E-state index in [2.05, 4.69) is 46.4 Å². The fraction of sp³-hybridized carbons (Fsp3) is 1.00. The SMILES string of the molecule is CCCC1(CCC)CC(CN)(SC(C)(C)C)C1. The second kappa shape index (κ2) is 5.52. The van der Waals surface area contributed by atoms with Crippen molar-refractivity contribution >= 4 is 11.8 Å². The van der Waals surface area contributed by atoms with Gasteiger partial charge < -0.3 is 5.73 Å².